The molecule has 3 aromatic rings. The van der Waals surface area contributed by atoms with Crippen LogP contribution in [0.15, 0.2) is 36.4 Å². The molecule has 5 rings (SSSR count). The summed E-state index contributed by atoms with van der Waals surface area (Å²) in [5.41, 5.74) is 9.22. The van der Waals surface area contributed by atoms with Crippen molar-refractivity contribution < 1.29 is 9.47 Å². The van der Waals surface area contributed by atoms with Crippen LogP contribution in [-0.2, 0) is 9.47 Å². The highest BCUT2D eigenvalue weighted by atomic mass is 16.5. The average Bonchev–Trinajstić information content (AvgIpc) is 2.79. The highest BCUT2D eigenvalue weighted by Gasteiger charge is 2.27. The molecule has 2 aromatic heterocycles. The first-order valence-electron chi connectivity index (χ1n) is 10.8. The zero-order chi connectivity index (χ0) is 21.4. The summed E-state index contributed by atoms with van der Waals surface area (Å²) in [5, 5.41) is 0.950. The molecule has 1 aromatic carbocycles. The predicted molar refractivity (Wildman–Crippen MR) is 122 cm³/mol. The Morgan fingerprint density at radius 2 is 1.65 bits per heavy atom. The number of benzene rings is 1. The summed E-state index contributed by atoms with van der Waals surface area (Å²) in [7, 11) is 0. The molecular weight excluding hydrogens is 392 g/mol. The van der Waals surface area contributed by atoms with E-state index >= 15 is 0 Å². The molecule has 0 spiro atoms. The fourth-order valence-corrected chi connectivity index (χ4v) is 4.26. The first-order valence-corrected chi connectivity index (χ1v) is 10.8. The van der Waals surface area contributed by atoms with E-state index in [1.807, 2.05) is 30.3 Å². The standard InChI is InChI=1S/C23H28N6O2/c1-15-13-30-10-8-28(15)22-19-6-7-20(17-4-3-5-18(24)12-17)25-21(19)26-23(27-22)29-9-11-31-14-16(29)2/h3-7,12,15-16H,8-11,13-14,24H2,1-2H3/t15-,16-/m0/s1. The van der Waals surface area contributed by atoms with Gasteiger partial charge in [-0.25, -0.2) is 4.98 Å². The fourth-order valence-electron chi connectivity index (χ4n) is 4.26. The third-order valence-corrected chi connectivity index (χ3v) is 5.97. The maximum Gasteiger partial charge on any atom is 0.229 e. The number of nitrogens with two attached hydrogens (primary N) is 1. The van der Waals surface area contributed by atoms with Crippen LogP contribution < -0.4 is 15.5 Å². The highest BCUT2D eigenvalue weighted by molar-refractivity contribution is 5.90. The van der Waals surface area contributed by atoms with Gasteiger partial charge in [-0.3, -0.25) is 0 Å². The lowest BCUT2D eigenvalue weighted by atomic mass is 10.1. The van der Waals surface area contributed by atoms with Crippen LogP contribution in [0.2, 0.25) is 0 Å². The molecule has 31 heavy (non-hydrogen) atoms. The lowest BCUT2D eigenvalue weighted by molar-refractivity contribution is 0.0973. The molecule has 8 nitrogen and oxygen atoms in total. The second kappa shape index (κ2) is 8.28. The van der Waals surface area contributed by atoms with Gasteiger partial charge in [0.15, 0.2) is 5.65 Å². The molecule has 2 N–H and O–H groups in total. The number of fused-ring (bicyclic) bond motifs is 1. The monoisotopic (exact) mass is 420 g/mol. The molecule has 2 saturated heterocycles. The number of anilines is 3. The van der Waals surface area contributed by atoms with Crippen LogP contribution in [0.4, 0.5) is 17.5 Å². The smallest absolute Gasteiger partial charge is 0.229 e. The fraction of sp³-hybridized carbons (Fsp3) is 0.435. The minimum atomic E-state index is 0.207. The number of rotatable bonds is 3. The van der Waals surface area contributed by atoms with Gasteiger partial charge >= 0.3 is 0 Å². The topological polar surface area (TPSA) is 89.6 Å². The van der Waals surface area contributed by atoms with E-state index in [1.54, 1.807) is 0 Å². The second-order valence-corrected chi connectivity index (χ2v) is 8.27. The summed E-state index contributed by atoms with van der Waals surface area (Å²) in [5.74, 6) is 1.62. The highest BCUT2D eigenvalue weighted by Crippen LogP contribution is 2.31. The van der Waals surface area contributed by atoms with Crippen LogP contribution in [0.5, 0.6) is 0 Å². The van der Waals surface area contributed by atoms with Crippen molar-refractivity contribution >= 4 is 28.5 Å². The lowest BCUT2D eigenvalue weighted by Gasteiger charge is -2.37. The van der Waals surface area contributed by atoms with Crippen molar-refractivity contribution in [2.45, 2.75) is 25.9 Å². The minimum absolute atomic E-state index is 0.207. The summed E-state index contributed by atoms with van der Waals surface area (Å²) in [6.07, 6.45) is 0. The number of ether oxygens (including phenoxy) is 2. The van der Waals surface area contributed by atoms with E-state index in [-0.39, 0.29) is 12.1 Å². The van der Waals surface area contributed by atoms with E-state index in [9.17, 15) is 0 Å². The van der Waals surface area contributed by atoms with Crippen LogP contribution in [-0.4, -0.2) is 66.6 Å². The predicted octanol–water partition coefficient (Wildman–Crippen LogP) is 2.72. The molecular formula is C23H28N6O2. The Kier molecular flexibility index (Phi) is 5.33. The number of nitrogens with zero attached hydrogens (tertiary/aromatic N) is 5. The number of pyridine rings is 1. The quantitative estimate of drug-likeness (QED) is 0.647. The Labute approximate surface area is 182 Å². The van der Waals surface area contributed by atoms with Crippen molar-refractivity contribution in [3.63, 3.8) is 0 Å². The van der Waals surface area contributed by atoms with Gasteiger partial charge in [0.25, 0.3) is 0 Å². The Morgan fingerprint density at radius 3 is 2.35 bits per heavy atom. The van der Waals surface area contributed by atoms with Gasteiger partial charge in [0, 0.05) is 24.3 Å². The van der Waals surface area contributed by atoms with Gasteiger partial charge in [-0.05, 0) is 38.1 Å². The van der Waals surface area contributed by atoms with Crippen LogP contribution in [0.1, 0.15) is 13.8 Å². The van der Waals surface area contributed by atoms with Crippen LogP contribution in [0, 0.1) is 0 Å². The Balaban J connectivity index is 1.66. The molecule has 2 aliphatic rings. The number of hydrogen-bond acceptors (Lipinski definition) is 8. The third kappa shape index (κ3) is 3.88. The van der Waals surface area contributed by atoms with E-state index in [1.165, 1.54) is 0 Å². The first kappa shape index (κ1) is 20.0. The van der Waals surface area contributed by atoms with Crippen molar-refractivity contribution in [1.82, 2.24) is 15.0 Å². The molecule has 0 unspecified atom stereocenters. The van der Waals surface area contributed by atoms with Crippen molar-refractivity contribution in [3.8, 4) is 11.3 Å². The van der Waals surface area contributed by atoms with Gasteiger partial charge in [-0.2, -0.15) is 9.97 Å². The summed E-state index contributed by atoms with van der Waals surface area (Å²) < 4.78 is 11.3. The Bertz CT molecular complexity index is 1090. The average molecular weight is 421 g/mol. The SMILES string of the molecule is C[C@H]1COCCN1c1nc(N2CCOC[C@@H]2C)c2ccc(-c3cccc(N)c3)nc2n1. The van der Waals surface area contributed by atoms with E-state index in [0.29, 0.717) is 43.7 Å². The molecule has 2 fully saturated rings. The van der Waals surface area contributed by atoms with Gasteiger partial charge in [0.1, 0.15) is 5.82 Å². The molecule has 4 heterocycles. The van der Waals surface area contributed by atoms with Crippen LogP contribution >= 0.6 is 0 Å². The third-order valence-electron chi connectivity index (χ3n) is 5.97. The molecule has 0 radical (unpaired) electrons. The van der Waals surface area contributed by atoms with Crippen LogP contribution in [0.25, 0.3) is 22.3 Å². The number of hydrogen-bond donors (Lipinski definition) is 1. The molecule has 2 aliphatic heterocycles. The zero-order valence-corrected chi connectivity index (χ0v) is 18.0. The molecule has 2 atom stereocenters. The van der Waals surface area contributed by atoms with E-state index < -0.39 is 0 Å². The molecule has 162 valence electrons. The zero-order valence-electron chi connectivity index (χ0n) is 18.0. The van der Waals surface area contributed by atoms with Crippen LogP contribution in [0.3, 0.4) is 0 Å². The molecule has 0 saturated carbocycles. The number of morpholine rings is 2. The molecule has 0 bridgehead atoms. The maximum absolute atomic E-state index is 5.99. The van der Waals surface area contributed by atoms with Crippen molar-refractivity contribution in [2.24, 2.45) is 0 Å². The maximum atomic E-state index is 5.99. The normalized spacial score (nSPS) is 22.1. The summed E-state index contributed by atoms with van der Waals surface area (Å²) in [4.78, 5) is 19.4. The van der Waals surface area contributed by atoms with Gasteiger partial charge in [-0.1, -0.05) is 12.1 Å². The molecule has 0 aliphatic carbocycles. The van der Waals surface area contributed by atoms with Gasteiger partial charge in [-0.15, -0.1) is 0 Å². The number of nitrogen functional groups attached to an aromatic ring is 1. The van der Waals surface area contributed by atoms with Crippen molar-refractivity contribution in [1.29, 1.82) is 0 Å². The largest absolute Gasteiger partial charge is 0.399 e. The number of aromatic nitrogens is 3. The Hall–Kier alpha value is -2.97. The lowest BCUT2D eigenvalue weighted by Crippen LogP contribution is -2.46. The van der Waals surface area contributed by atoms with E-state index in [2.05, 4.69) is 29.7 Å². The Morgan fingerprint density at radius 1 is 0.903 bits per heavy atom. The molecule has 8 heteroatoms. The molecule has 0 amide bonds. The van der Waals surface area contributed by atoms with Gasteiger partial charge in [0.05, 0.1) is 49.6 Å². The van der Waals surface area contributed by atoms with E-state index in [4.69, 9.17) is 30.2 Å². The van der Waals surface area contributed by atoms with E-state index in [0.717, 1.165) is 35.6 Å². The second-order valence-electron chi connectivity index (χ2n) is 8.27. The first-order chi connectivity index (χ1) is 15.1. The van der Waals surface area contributed by atoms with Gasteiger partial charge < -0.3 is 25.0 Å². The van der Waals surface area contributed by atoms with Gasteiger partial charge in [0.2, 0.25) is 5.95 Å². The van der Waals surface area contributed by atoms with Crippen molar-refractivity contribution in [3.05, 3.63) is 36.4 Å². The summed E-state index contributed by atoms with van der Waals surface area (Å²) in [6, 6.07) is 12.3. The minimum Gasteiger partial charge on any atom is -0.399 e. The summed E-state index contributed by atoms with van der Waals surface area (Å²) in [6.45, 7) is 8.58. The summed E-state index contributed by atoms with van der Waals surface area (Å²) >= 11 is 0. The van der Waals surface area contributed by atoms with Crippen molar-refractivity contribution in [2.75, 3.05) is 55.1 Å².